The van der Waals surface area contributed by atoms with Gasteiger partial charge < -0.3 is 19.4 Å². The molecule has 1 N–H and O–H groups in total. The van der Waals surface area contributed by atoms with E-state index in [2.05, 4.69) is 15.5 Å². The Bertz CT molecular complexity index is 680. The number of carbonyl (C=O) groups excluding carboxylic acids is 1. The predicted octanol–water partition coefficient (Wildman–Crippen LogP) is 1.79. The van der Waals surface area contributed by atoms with Crippen LogP contribution in [0.3, 0.4) is 0 Å². The summed E-state index contributed by atoms with van der Waals surface area (Å²) in [7, 11) is 0. The van der Waals surface area contributed by atoms with Gasteiger partial charge in [0.2, 0.25) is 0 Å². The Morgan fingerprint density at radius 1 is 1.46 bits per heavy atom. The summed E-state index contributed by atoms with van der Waals surface area (Å²) in [4.78, 5) is 12.5. The minimum absolute atomic E-state index is 0.115. The van der Waals surface area contributed by atoms with Crippen LogP contribution in [0.2, 0.25) is 0 Å². The van der Waals surface area contributed by atoms with Crippen LogP contribution in [-0.4, -0.2) is 40.0 Å². The molecule has 0 saturated carbocycles. The lowest BCUT2D eigenvalue weighted by Gasteiger charge is -2.14. The topological polar surface area (TPSA) is 78.3 Å². The Labute approximate surface area is 141 Å². The van der Waals surface area contributed by atoms with Crippen LogP contribution >= 0.6 is 0 Å². The van der Waals surface area contributed by atoms with Crippen molar-refractivity contribution in [1.82, 2.24) is 20.1 Å². The average Bonchev–Trinajstić information content (AvgIpc) is 3.29. The van der Waals surface area contributed by atoms with Gasteiger partial charge in [0, 0.05) is 13.2 Å². The van der Waals surface area contributed by atoms with Crippen molar-refractivity contribution in [2.45, 2.75) is 39.0 Å². The molecule has 1 aromatic heterocycles. The molecule has 1 aliphatic heterocycles. The molecular weight excluding hydrogens is 308 g/mol. The Morgan fingerprint density at radius 2 is 2.33 bits per heavy atom. The number of para-hydroxylation sites is 1. The zero-order chi connectivity index (χ0) is 16.8. The normalized spacial score (nSPS) is 17.0. The fraction of sp³-hybridized carbons (Fsp3) is 0.471. The molecule has 24 heavy (non-hydrogen) atoms. The number of rotatable bonds is 7. The molecule has 1 atom stereocenters. The van der Waals surface area contributed by atoms with Gasteiger partial charge in [-0.05, 0) is 31.9 Å². The Morgan fingerprint density at radius 3 is 3.12 bits per heavy atom. The molecule has 7 heteroatoms. The van der Waals surface area contributed by atoms with Gasteiger partial charge in [-0.15, -0.1) is 10.2 Å². The number of hydrogen-bond acceptors (Lipinski definition) is 5. The summed E-state index contributed by atoms with van der Waals surface area (Å²) in [6.07, 6.45) is 3.83. The van der Waals surface area contributed by atoms with E-state index in [0.717, 1.165) is 31.8 Å². The number of carbonyl (C=O) groups is 1. The third-order valence-corrected chi connectivity index (χ3v) is 4.02. The minimum atomic E-state index is -0.191. The van der Waals surface area contributed by atoms with Crippen LogP contribution in [0.5, 0.6) is 5.75 Å². The van der Waals surface area contributed by atoms with Gasteiger partial charge >= 0.3 is 0 Å². The highest BCUT2D eigenvalue weighted by molar-refractivity contribution is 5.96. The van der Waals surface area contributed by atoms with Gasteiger partial charge in [0.15, 0.2) is 5.82 Å². The molecule has 2 aromatic rings. The summed E-state index contributed by atoms with van der Waals surface area (Å²) >= 11 is 0. The summed E-state index contributed by atoms with van der Waals surface area (Å²) in [6, 6.07) is 7.24. The van der Waals surface area contributed by atoms with Crippen LogP contribution in [0.1, 0.15) is 35.9 Å². The number of benzene rings is 1. The molecule has 1 aromatic carbocycles. The smallest absolute Gasteiger partial charge is 0.255 e. The molecule has 0 bridgehead atoms. The first-order valence-corrected chi connectivity index (χ1v) is 8.26. The molecule has 1 aliphatic rings. The summed E-state index contributed by atoms with van der Waals surface area (Å²) < 4.78 is 13.2. The highest BCUT2D eigenvalue weighted by Gasteiger charge is 2.18. The molecule has 1 saturated heterocycles. The monoisotopic (exact) mass is 330 g/mol. The molecule has 1 amide bonds. The van der Waals surface area contributed by atoms with Gasteiger partial charge in [-0.25, -0.2) is 0 Å². The van der Waals surface area contributed by atoms with Gasteiger partial charge in [-0.3, -0.25) is 4.79 Å². The van der Waals surface area contributed by atoms with Crippen molar-refractivity contribution in [2.24, 2.45) is 0 Å². The Hall–Kier alpha value is -2.41. The maximum Gasteiger partial charge on any atom is 0.255 e. The number of nitrogens with one attached hydrogen (secondary N) is 1. The van der Waals surface area contributed by atoms with Gasteiger partial charge in [0.25, 0.3) is 5.91 Å². The van der Waals surface area contributed by atoms with Crippen molar-refractivity contribution < 1.29 is 14.3 Å². The average molecular weight is 330 g/mol. The van der Waals surface area contributed by atoms with Crippen molar-refractivity contribution in [2.75, 3.05) is 13.2 Å². The van der Waals surface area contributed by atoms with Crippen molar-refractivity contribution >= 4 is 5.91 Å². The first-order chi connectivity index (χ1) is 11.8. The fourth-order valence-corrected chi connectivity index (χ4v) is 2.67. The highest BCUT2D eigenvalue weighted by Crippen LogP contribution is 2.20. The summed E-state index contributed by atoms with van der Waals surface area (Å²) in [5.74, 6) is 1.11. The lowest BCUT2D eigenvalue weighted by atomic mass is 10.2. The van der Waals surface area contributed by atoms with Crippen LogP contribution in [-0.2, 0) is 17.8 Å². The van der Waals surface area contributed by atoms with E-state index in [4.69, 9.17) is 9.47 Å². The van der Waals surface area contributed by atoms with Crippen molar-refractivity contribution in [1.29, 1.82) is 0 Å². The number of nitrogens with zero attached hydrogens (tertiary/aromatic N) is 3. The summed E-state index contributed by atoms with van der Waals surface area (Å²) in [5, 5.41) is 10.7. The van der Waals surface area contributed by atoms with Gasteiger partial charge in [-0.1, -0.05) is 12.1 Å². The molecule has 0 spiro atoms. The van der Waals surface area contributed by atoms with E-state index in [1.54, 1.807) is 18.5 Å². The number of amides is 1. The van der Waals surface area contributed by atoms with Crippen LogP contribution in [0, 0.1) is 0 Å². The maximum atomic E-state index is 12.5. The molecule has 0 radical (unpaired) electrons. The largest absolute Gasteiger partial charge is 0.490 e. The van der Waals surface area contributed by atoms with Crippen molar-refractivity contribution in [3.8, 4) is 5.75 Å². The highest BCUT2D eigenvalue weighted by atomic mass is 16.5. The molecular formula is C17H22N4O3. The first-order valence-electron chi connectivity index (χ1n) is 8.26. The molecule has 128 valence electrons. The van der Waals surface area contributed by atoms with Crippen molar-refractivity contribution in [3.63, 3.8) is 0 Å². The van der Waals surface area contributed by atoms with E-state index in [0.29, 0.717) is 24.5 Å². The Kier molecular flexibility index (Phi) is 5.43. The number of ether oxygens (including phenoxy) is 2. The third kappa shape index (κ3) is 3.91. The quantitative estimate of drug-likeness (QED) is 0.837. The van der Waals surface area contributed by atoms with E-state index in [9.17, 15) is 4.79 Å². The second-order valence-electron chi connectivity index (χ2n) is 5.66. The van der Waals surface area contributed by atoms with E-state index < -0.39 is 0 Å². The number of aromatic nitrogens is 3. The second-order valence-corrected chi connectivity index (χ2v) is 5.66. The fourth-order valence-electron chi connectivity index (χ4n) is 2.67. The standard InChI is InChI=1S/C17H22N4O3/c1-2-21-12-19-20-16(21)10-18-17(22)14-7-3-4-8-15(14)24-11-13-6-5-9-23-13/h3-4,7-8,12-13H,2,5-6,9-11H2,1H3,(H,18,22)/t13-/m0/s1. The second kappa shape index (κ2) is 7.92. The van der Waals surface area contributed by atoms with Gasteiger partial charge in [-0.2, -0.15) is 0 Å². The third-order valence-electron chi connectivity index (χ3n) is 4.02. The Balaban J connectivity index is 1.61. The van der Waals surface area contributed by atoms with E-state index in [-0.39, 0.29) is 12.0 Å². The van der Waals surface area contributed by atoms with E-state index in [1.807, 2.05) is 23.6 Å². The van der Waals surface area contributed by atoms with Crippen LogP contribution in [0.4, 0.5) is 0 Å². The molecule has 3 rings (SSSR count). The first kappa shape index (κ1) is 16.4. The zero-order valence-corrected chi connectivity index (χ0v) is 13.8. The maximum absolute atomic E-state index is 12.5. The van der Waals surface area contributed by atoms with Crippen molar-refractivity contribution in [3.05, 3.63) is 42.0 Å². The van der Waals surface area contributed by atoms with Crippen LogP contribution in [0.15, 0.2) is 30.6 Å². The number of hydrogen-bond donors (Lipinski definition) is 1. The summed E-state index contributed by atoms with van der Waals surface area (Å²) in [6.45, 7) is 4.34. The molecule has 7 nitrogen and oxygen atoms in total. The molecule has 0 unspecified atom stereocenters. The minimum Gasteiger partial charge on any atom is -0.490 e. The number of aryl methyl sites for hydroxylation is 1. The van der Waals surface area contributed by atoms with Crippen LogP contribution in [0.25, 0.3) is 0 Å². The molecule has 1 fully saturated rings. The van der Waals surface area contributed by atoms with Gasteiger partial charge in [0.1, 0.15) is 18.7 Å². The van der Waals surface area contributed by atoms with Gasteiger partial charge in [0.05, 0.1) is 18.2 Å². The lowest BCUT2D eigenvalue weighted by molar-refractivity contribution is 0.0670. The predicted molar refractivity (Wildman–Crippen MR) is 87.8 cm³/mol. The van der Waals surface area contributed by atoms with E-state index >= 15 is 0 Å². The van der Waals surface area contributed by atoms with Crippen LogP contribution < -0.4 is 10.1 Å². The lowest BCUT2D eigenvalue weighted by Crippen LogP contribution is -2.26. The van der Waals surface area contributed by atoms with E-state index in [1.165, 1.54) is 0 Å². The summed E-state index contributed by atoms with van der Waals surface area (Å²) in [5.41, 5.74) is 0.512. The molecule has 0 aliphatic carbocycles. The molecule has 2 heterocycles. The zero-order valence-electron chi connectivity index (χ0n) is 13.8. The SMILES string of the molecule is CCn1cnnc1CNC(=O)c1ccccc1OC[C@@H]1CCCO1.